The van der Waals surface area contributed by atoms with Gasteiger partial charge in [0.15, 0.2) is 5.65 Å². The molecule has 0 saturated heterocycles. The van der Waals surface area contributed by atoms with E-state index in [0.717, 1.165) is 12.1 Å². The lowest BCUT2D eigenvalue weighted by Gasteiger charge is -2.13. The molecule has 0 amide bonds. The van der Waals surface area contributed by atoms with Gasteiger partial charge in [-0.25, -0.2) is 4.98 Å². The number of aromatic amines is 2. The van der Waals surface area contributed by atoms with E-state index >= 15 is 0 Å². The molecule has 4 aromatic rings. The van der Waals surface area contributed by atoms with Crippen LogP contribution in [0, 0.1) is 0 Å². The molecule has 2 aromatic carbocycles. The minimum atomic E-state index is -0.368. The first-order valence-corrected chi connectivity index (χ1v) is 7.60. The molecule has 0 atom stereocenters. The molecule has 2 aromatic heterocycles. The van der Waals surface area contributed by atoms with Gasteiger partial charge in [0, 0.05) is 17.7 Å². The summed E-state index contributed by atoms with van der Waals surface area (Å²) in [7, 11) is 0. The number of nitrogens with one attached hydrogen (secondary N) is 2. The lowest BCUT2D eigenvalue weighted by atomic mass is 9.97. The van der Waals surface area contributed by atoms with Crippen molar-refractivity contribution < 1.29 is 20.4 Å². The monoisotopic (exact) mass is 351 g/mol. The molecule has 0 spiro atoms. The average Bonchev–Trinajstić information content (AvgIpc) is 2.94. The molecule has 4 rings (SSSR count). The highest BCUT2D eigenvalue weighted by Gasteiger charge is 2.20. The largest absolute Gasteiger partial charge is 0.508 e. The minimum Gasteiger partial charge on any atom is -0.508 e. The number of phenolic OH excluding ortho intramolecular Hbond substituents is 4. The number of fused-ring (bicyclic) bond motifs is 1. The summed E-state index contributed by atoms with van der Waals surface area (Å²) in [4.78, 5) is 16.3. The van der Waals surface area contributed by atoms with Crippen molar-refractivity contribution in [2.75, 3.05) is 0 Å². The van der Waals surface area contributed by atoms with Gasteiger partial charge in [-0.15, -0.1) is 0 Å². The lowest BCUT2D eigenvalue weighted by molar-refractivity contribution is 0.430. The van der Waals surface area contributed by atoms with Crippen LogP contribution in [-0.2, 0) is 0 Å². The summed E-state index contributed by atoms with van der Waals surface area (Å²) < 4.78 is 0. The van der Waals surface area contributed by atoms with Gasteiger partial charge in [-0.2, -0.15) is 0 Å². The molecule has 0 aliphatic heterocycles. The maximum atomic E-state index is 11.9. The molecule has 0 fully saturated rings. The van der Waals surface area contributed by atoms with Crippen molar-refractivity contribution in [3.8, 4) is 45.4 Å². The third-order valence-corrected chi connectivity index (χ3v) is 4.06. The first-order valence-electron chi connectivity index (χ1n) is 7.60. The molecule has 26 heavy (non-hydrogen) atoms. The van der Waals surface area contributed by atoms with E-state index in [1.54, 1.807) is 18.2 Å². The third kappa shape index (κ3) is 2.40. The molecule has 0 radical (unpaired) electrons. The molecular weight excluding hydrogens is 338 g/mol. The van der Waals surface area contributed by atoms with Gasteiger partial charge in [0.2, 0.25) is 0 Å². The van der Waals surface area contributed by atoms with E-state index < -0.39 is 0 Å². The van der Waals surface area contributed by atoms with Crippen molar-refractivity contribution in [3.05, 3.63) is 52.8 Å². The summed E-state index contributed by atoms with van der Waals surface area (Å²) >= 11 is 0. The molecule has 0 aliphatic carbocycles. The normalized spacial score (nSPS) is 11.1. The fourth-order valence-electron chi connectivity index (χ4n) is 2.86. The number of H-pyrrole nitrogens is 2. The number of nitrogens with zero attached hydrogens (tertiary/aromatic N) is 1. The summed E-state index contributed by atoms with van der Waals surface area (Å²) in [5.74, 6) is -0.968. The second kappa shape index (κ2) is 5.55. The number of aromatic hydroxyl groups is 4. The summed E-state index contributed by atoms with van der Waals surface area (Å²) in [5.41, 5.74) is 1.17. The minimum absolute atomic E-state index is 0.00910. The van der Waals surface area contributed by atoms with Crippen LogP contribution in [0.2, 0.25) is 0 Å². The predicted molar refractivity (Wildman–Crippen MR) is 94.2 cm³/mol. The number of benzene rings is 2. The highest BCUT2D eigenvalue weighted by molar-refractivity contribution is 5.93. The van der Waals surface area contributed by atoms with E-state index in [-0.39, 0.29) is 45.5 Å². The number of rotatable bonds is 2. The van der Waals surface area contributed by atoms with Crippen molar-refractivity contribution in [1.29, 1.82) is 0 Å². The van der Waals surface area contributed by atoms with Crippen LogP contribution in [0.15, 0.2) is 47.3 Å². The van der Waals surface area contributed by atoms with Gasteiger partial charge < -0.3 is 20.4 Å². The van der Waals surface area contributed by atoms with Crippen LogP contribution in [0.4, 0.5) is 0 Å². The van der Waals surface area contributed by atoms with Gasteiger partial charge in [-0.3, -0.25) is 15.0 Å². The van der Waals surface area contributed by atoms with Crippen LogP contribution < -0.4 is 5.56 Å². The maximum Gasteiger partial charge on any atom is 0.273 e. The molecule has 130 valence electrons. The fourth-order valence-corrected chi connectivity index (χ4v) is 2.86. The number of phenols is 4. The zero-order valence-corrected chi connectivity index (χ0v) is 13.2. The molecule has 0 bridgehead atoms. The van der Waals surface area contributed by atoms with E-state index in [1.807, 2.05) is 0 Å². The molecule has 2 heterocycles. The first-order chi connectivity index (χ1) is 12.4. The smallest absolute Gasteiger partial charge is 0.273 e. The fraction of sp³-hybridized carbons (Fsp3) is 0. The van der Waals surface area contributed by atoms with Gasteiger partial charge in [0.25, 0.3) is 5.56 Å². The second-order valence-corrected chi connectivity index (χ2v) is 5.77. The van der Waals surface area contributed by atoms with E-state index in [2.05, 4.69) is 15.2 Å². The summed E-state index contributed by atoms with van der Waals surface area (Å²) in [5, 5.41) is 44.9. The zero-order chi connectivity index (χ0) is 18.4. The molecule has 8 heteroatoms. The number of hydrogen-bond acceptors (Lipinski definition) is 6. The van der Waals surface area contributed by atoms with Gasteiger partial charge >= 0.3 is 0 Å². The van der Waals surface area contributed by atoms with E-state index in [9.17, 15) is 25.2 Å². The Kier molecular flexibility index (Phi) is 3.33. The third-order valence-electron chi connectivity index (χ3n) is 4.06. The van der Waals surface area contributed by atoms with E-state index in [0.29, 0.717) is 16.5 Å². The average molecular weight is 351 g/mol. The van der Waals surface area contributed by atoms with Gasteiger partial charge in [0.05, 0.1) is 16.6 Å². The quantitative estimate of drug-likeness (QED) is 0.327. The summed E-state index contributed by atoms with van der Waals surface area (Å²) in [6, 6.07) is 9.93. The summed E-state index contributed by atoms with van der Waals surface area (Å²) in [6.45, 7) is 0. The number of pyridine rings is 1. The van der Waals surface area contributed by atoms with Crippen LogP contribution >= 0.6 is 0 Å². The second-order valence-electron chi connectivity index (χ2n) is 5.77. The number of aromatic nitrogens is 3. The Hall–Kier alpha value is -3.94. The molecule has 0 aliphatic rings. The Morgan fingerprint density at radius 2 is 1.46 bits per heavy atom. The van der Waals surface area contributed by atoms with Crippen molar-refractivity contribution in [3.63, 3.8) is 0 Å². The predicted octanol–water partition coefficient (Wildman–Crippen LogP) is 2.41. The van der Waals surface area contributed by atoms with Gasteiger partial charge in [-0.05, 0) is 23.8 Å². The van der Waals surface area contributed by atoms with Crippen LogP contribution in [0.3, 0.4) is 0 Å². The standard InChI is InChI=1S/C18H13N3O5/c22-9-3-1-8(2-4-9)11-7-12-17(20-21-18(12)26)19-16(11)15-13(24)5-10(23)6-14(15)25/h1-7,22-25H,(H2,19,20,21,26). The molecule has 0 unspecified atom stereocenters. The van der Waals surface area contributed by atoms with Crippen molar-refractivity contribution in [1.82, 2.24) is 15.2 Å². The SMILES string of the molecule is O=c1[nH][nH]c2nc(-c3c(O)cc(O)cc3O)c(-c3ccc(O)cc3)cc12. The van der Waals surface area contributed by atoms with Crippen LogP contribution in [-0.4, -0.2) is 35.6 Å². The van der Waals surface area contributed by atoms with Gasteiger partial charge in [-0.1, -0.05) is 12.1 Å². The highest BCUT2D eigenvalue weighted by Crippen LogP contribution is 2.43. The first kappa shape index (κ1) is 15.6. The molecular formula is C18H13N3O5. The molecule has 0 saturated carbocycles. The summed E-state index contributed by atoms with van der Waals surface area (Å²) in [6.07, 6.45) is 0. The Morgan fingerprint density at radius 1 is 0.808 bits per heavy atom. The van der Waals surface area contributed by atoms with Crippen LogP contribution in [0.25, 0.3) is 33.4 Å². The topological polar surface area (TPSA) is 142 Å². The zero-order valence-electron chi connectivity index (χ0n) is 13.2. The lowest BCUT2D eigenvalue weighted by Crippen LogP contribution is -1.99. The Morgan fingerprint density at radius 3 is 2.12 bits per heavy atom. The number of hydrogen-bond donors (Lipinski definition) is 6. The molecule has 6 N–H and O–H groups in total. The van der Waals surface area contributed by atoms with Gasteiger partial charge in [0.1, 0.15) is 23.0 Å². The maximum absolute atomic E-state index is 11.9. The Bertz CT molecular complexity index is 1170. The van der Waals surface area contributed by atoms with Crippen LogP contribution in [0.1, 0.15) is 0 Å². The van der Waals surface area contributed by atoms with Crippen molar-refractivity contribution in [2.24, 2.45) is 0 Å². The van der Waals surface area contributed by atoms with Crippen LogP contribution in [0.5, 0.6) is 23.0 Å². The highest BCUT2D eigenvalue weighted by atomic mass is 16.3. The van der Waals surface area contributed by atoms with E-state index in [4.69, 9.17) is 0 Å². The van der Waals surface area contributed by atoms with Crippen molar-refractivity contribution >= 4 is 11.0 Å². The van der Waals surface area contributed by atoms with E-state index in [1.165, 1.54) is 12.1 Å². The van der Waals surface area contributed by atoms with Crippen molar-refractivity contribution in [2.45, 2.75) is 0 Å². The molecule has 8 nitrogen and oxygen atoms in total. The Balaban J connectivity index is 2.09. The Labute approximate surface area is 145 Å².